The molecular weight excluding hydrogens is 286 g/mol. The van der Waals surface area contributed by atoms with Crippen molar-refractivity contribution in [2.24, 2.45) is 14.1 Å². The molecule has 2 rings (SSSR count). The Labute approximate surface area is 128 Å². The van der Waals surface area contributed by atoms with Crippen LogP contribution in [-0.4, -0.2) is 19.9 Å². The molecule has 2 heterocycles. The molecule has 5 nitrogen and oxygen atoms in total. The first-order chi connectivity index (χ1) is 10.0. The molecule has 2 aromatic rings. The SMILES string of the molecule is CCCSc1c(CCC)cnc2c1c(=O)n(C)c(=O)n2C. The topological polar surface area (TPSA) is 56.9 Å². The standard InChI is InChI=1S/C15H21N3O2S/c1-5-7-10-9-16-13-11(12(10)21-8-6-2)14(19)18(4)15(20)17(13)3/h9H,5-8H2,1-4H3. The molecule has 0 aliphatic rings. The summed E-state index contributed by atoms with van der Waals surface area (Å²) >= 11 is 1.69. The number of hydrogen-bond donors (Lipinski definition) is 0. The van der Waals surface area contributed by atoms with Gasteiger partial charge in [0.05, 0.1) is 5.39 Å². The minimum atomic E-state index is -0.338. The van der Waals surface area contributed by atoms with Crippen molar-refractivity contribution < 1.29 is 0 Å². The average Bonchev–Trinajstić information content (AvgIpc) is 2.49. The first-order valence-corrected chi connectivity index (χ1v) is 8.21. The van der Waals surface area contributed by atoms with Crippen LogP contribution in [-0.2, 0) is 20.5 Å². The summed E-state index contributed by atoms with van der Waals surface area (Å²) < 4.78 is 2.61. The third-order valence-electron chi connectivity index (χ3n) is 3.46. The Morgan fingerprint density at radius 1 is 1.14 bits per heavy atom. The van der Waals surface area contributed by atoms with E-state index in [0.29, 0.717) is 11.0 Å². The fourth-order valence-electron chi connectivity index (χ4n) is 2.36. The van der Waals surface area contributed by atoms with Crippen LogP contribution in [0, 0.1) is 0 Å². The Morgan fingerprint density at radius 3 is 2.48 bits per heavy atom. The predicted octanol–water partition coefficient (Wildman–Crippen LogP) is 2.09. The molecule has 0 amide bonds. The summed E-state index contributed by atoms with van der Waals surface area (Å²) in [5.74, 6) is 0.946. The van der Waals surface area contributed by atoms with Crippen LogP contribution in [0.5, 0.6) is 0 Å². The van der Waals surface area contributed by atoms with E-state index in [4.69, 9.17) is 0 Å². The first kappa shape index (κ1) is 15.8. The molecule has 0 unspecified atom stereocenters. The number of pyridine rings is 1. The third kappa shape index (κ3) is 2.77. The van der Waals surface area contributed by atoms with Gasteiger partial charge in [0.2, 0.25) is 0 Å². The van der Waals surface area contributed by atoms with Crippen molar-refractivity contribution in [1.82, 2.24) is 14.1 Å². The minimum Gasteiger partial charge on any atom is -0.280 e. The predicted molar refractivity (Wildman–Crippen MR) is 87.2 cm³/mol. The van der Waals surface area contributed by atoms with Crippen molar-refractivity contribution in [1.29, 1.82) is 0 Å². The van der Waals surface area contributed by atoms with Crippen LogP contribution in [0.2, 0.25) is 0 Å². The molecule has 0 bridgehead atoms. The van der Waals surface area contributed by atoms with Gasteiger partial charge in [-0.05, 0) is 24.2 Å². The highest BCUT2D eigenvalue weighted by atomic mass is 32.2. The summed E-state index contributed by atoms with van der Waals surface area (Å²) in [5.41, 5.74) is 0.979. The van der Waals surface area contributed by atoms with Crippen LogP contribution < -0.4 is 11.2 Å². The first-order valence-electron chi connectivity index (χ1n) is 7.23. The van der Waals surface area contributed by atoms with Crippen molar-refractivity contribution in [2.75, 3.05) is 5.75 Å². The van der Waals surface area contributed by atoms with E-state index in [1.807, 2.05) is 6.20 Å². The molecular formula is C15H21N3O2S. The fourth-order valence-corrected chi connectivity index (χ4v) is 3.43. The molecule has 0 saturated heterocycles. The zero-order valence-corrected chi connectivity index (χ0v) is 13.8. The number of fused-ring (bicyclic) bond motifs is 1. The Bertz CT molecular complexity index is 777. The zero-order chi connectivity index (χ0) is 15.6. The molecule has 0 N–H and O–H groups in total. The van der Waals surface area contributed by atoms with Gasteiger partial charge in [-0.3, -0.25) is 13.9 Å². The fraction of sp³-hybridized carbons (Fsp3) is 0.533. The summed E-state index contributed by atoms with van der Waals surface area (Å²) in [7, 11) is 3.18. The van der Waals surface area contributed by atoms with Gasteiger partial charge in [-0.2, -0.15) is 0 Å². The molecule has 0 aliphatic carbocycles. The minimum absolute atomic E-state index is 0.253. The van der Waals surface area contributed by atoms with Crippen LogP contribution >= 0.6 is 11.8 Å². The summed E-state index contributed by atoms with van der Waals surface area (Å²) in [5, 5.41) is 0.573. The maximum absolute atomic E-state index is 12.5. The lowest BCUT2D eigenvalue weighted by Crippen LogP contribution is -2.37. The molecule has 0 aliphatic heterocycles. The van der Waals surface area contributed by atoms with Gasteiger partial charge in [0.15, 0.2) is 0 Å². The number of aryl methyl sites for hydroxylation is 2. The molecule has 0 atom stereocenters. The van der Waals surface area contributed by atoms with Crippen LogP contribution in [0.25, 0.3) is 11.0 Å². The smallest absolute Gasteiger partial charge is 0.280 e. The van der Waals surface area contributed by atoms with Crippen LogP contribution in [0.4, 0.5) is 0 Å². The van der Waals surface area contributed by atoms with Gasteiger partial charge >= 0.3 is 5.69 Å². The molecule has 0 saturated carbocycles. The van der Waals surface area contributed by atoms with Crippen LogP contribution in [0.1, 0.15) is 32.3 Å². The van der Waals surface area contributed by atoms with Crippen molar-refractivity contribution in [3.63, 3.8) is 0 Å². The zero-order valence-electron chi connectivity index (χ0n) is 13.0. The molecule has 6 heteroatoms. The summed E-state index contributed by atoms with van der Waals surface area (Å²) in [6.07, 6.45) is 4.73. The molecule has 0 radical (unpaired) electrons. The highest BCUT2D eigenvalue weighted by Crippen LogP contribution is 2.29. The van der Waals surface area contributed by atoms with Gasteiger partial charge in [-0.25, -0.2) is 9.78 Å². The summed E-state index contributed by atoms with van der Waals surface area (Å²) in [6.45, 7) is 4.22. The van der Waals surface area contributed by atoms with Gasteiger partial charge in [-0.1, -0.05) is 20.3 Å². The van der Waals surface area contributed by atoms with Gasteiger partial charge in [-0.15, -0.1) is 11.8 Å². The molecule has 0 fully saturated rings. The Hall–Kier alpha value is -1.56. The lowest BCUT2D eigenvalue weighted by atomic mass is 10.1. The summed E-state index contributed by atoms with van der Waals surface area (Å²) in [6, 6.07) is 0. The normalized spacial score (nSPS) is 11.2. The lowest BCUT2D eigenvalue weighted by Gasteiger charge is -2.13. The second-order valence-corrected chi connectivity index (χ2v) is 6.22. The number of rotatable bonds is 5. The second kappa shape index (κ2) is 6.47. The Balaban J connectivity index is 2.87. The van der Waals surface area contributed by atoms with Crippen LogP contribution in [0.3, 0.4) is 0 Å². The monoisotopic (exact) mass is 307 g/mol. The van der Waals surface area contributed by atoms with E-state index in [2.05, 4.69) is 18.8 Å². The molecule has 21 heavy (non-hydrogen) atoms. The van der Waals surface area contributed by atoms with Gasteiger partial charge in [0, 0.05) is 25.2 Å². The highest BCUT2D eigenvalue weighted by Gasteiger charge is 2.16. The number of hydrogen-bond acceptors (Lipinski definition) is 4. The maximum Gasteiger partial charge on any atom is 0.332 e. The molecule has 2 aromatic heterocycles. The van der Waals surface area contributed by atoms with E-state index in [9.17, 15) is 9.59 Å². The molecule has 0 aromatic carbocycles. The quantitative estimate of drug-likeness (QED) is 0.794. The van der Waals surface area contributed by atoms with Gasteiger partial charge < -0.3 is 0 Å². The number of aromatic nitrogens is 3. The van der Waals surface area contributed by atoms with E-state index in [1.54, 1.807) is 18.8 Å². The molecule has 0 spiro atoms. The van der Waals surface area contributed by atoms with Crippen molar-refractivity contribution in [2.45, 2.75) is 38.0 Å². The van der Waals surface area contributed by atoms with Crippen molar-refractivity contribution in [3.8, 4) is 0 Å². The molecule has 114 valence electrons. The van der Waals surface area contributed by atoms with E-state index >= 15 is 0 Å². The van der Waals surface area contributed by atoms with Crippen molar-refractivity contribution >= 4 is 22.8 Å². The lowest BCUT2D eigenvalue weighted by molar-refractivity contribution is 0.704. The highest BCUT2D eigenvalue weighted by molar-refractivity contribution is 7.99. The number of thioether (sulfide) groups is 1. The second-order valence-electron chi connectivity index (χ2n) is 5.12. The van der Waals surface area contributed by atoms with Crippen LogP contribution in [0.15, 0.2) is 20.7 Å². The van der Waals surface area contributed by atoms with E-state index < -0.39 is 0 Å². The number of nitrogens with zero attached hydrogens (tertiary/aromatic N) is 3. The maximum atomic E-state index is 12.5. The van der Waals surface area contributed by atoms with E-state index in [1.165, 1.54) is 11.6 Å². The summed E-state index contributed by atoms with van der Waals surface area (Å²) in [4.78, 5) is 29.9. The van der Waals surface area contributed by atoms with Gasteiger partial charge in [0.25, 0.3) is 5.56 Å². The Kier molecular flexibility index (Phi) is 4.88. The Morgan fingerprint density at radius 2 is 1.86 bits per heavy atom. The third-order valence-corrected chi connectivity index (χ3v) is 4.83. The van der Waals surface area contributed by atoms with Crippen molar-refractivity contribution in [3.05, 3.63) is 32.6 Å². The van der Waals surface area contributed by atoms with Gasteiger partial charge in [0.1, 0.15) is 5.65 Å². The average molecular weight is 307 g/mol. The van der Waals surface area contributed by atoms with E-state index in [-0.39, 0.29) is 11.2 Å². The van der Waals surface area contributed by atoms with E-state index in [0.717, 1.165) is 40.0 Å². The largest absolute Gasteiger partial charge is 0.332 e.